The summed E-state index contributed by atoms with van der Waals surface area (Å²) in [5.74, 6) is 0.415. The maximum Gasteiger partial charge on any atom is 0.211 e. The Hall–Kier alpha value is -3.54. The molecule has 6 heteroatoms. The van der Waals surface area contributed by atoms with Crippen molar-refractivity contribution in [1.29, 1.82) is 0 Å². The van der Waals surface area contributed by atoms with E-state index in [0.717, 1.165) is 16.9 Å². The summed E-state index contributed by atoms with van der Waals surface area (Å²) < 4.78 is 3.43. The Morgan fingerprint density at radius 1 is 0.920 bits per heavy atom. The molecule has 122 valence electrons. The van der Waals surface area contributed by atoms with Gasteiger partial charge in [0, 0.05) is 18.0 Å². The van der Waals surface area contributed by atoms with Gasteiger partial charge in [-0.15, -0.1) is 10.2 Å². The molecule has 2 aromatic heterocycles. The maximum absolute atomic E-state index is 12.4. The third-order valence-electron chi connectivity index (χ3n) is 3.87. The van der Waals surface area contributed by atoms with Gasteiger partial charge in [-0.05, 0) is 36.8 Å². The van der Waals surface area contributed by atoms with Crippen molar-refractivity contribution in [3.8, 4) is 22.9 Å². The molecule has 0 atom stereocenters. The van der Waals surface area contributed by atoms with E-state index in [4.69, 9.17) is 0 Å². The van der Waals surface area contributed by atoms with Crippen molar-refractivity contribution in [3.63, 3.8) is 0 Å². The van der Waals surface area contributed by atoms with E-state index >= 15 is 0 Å². The van der Waals surface area contributed by atoms with Gasteiger partial charge in [-0.2, -0.15) is 5.10 Å². The average molecular weight is 329 g/mol. The van der Waals surface area contributed by atoms with Crippen LogP contribution >= 0.6 is 0 Å². The molecule has 0 aliphatic carbocycles. The molecule has 0 aliphatic heterocycles. The number of para-hydroxylation sites is 1. The smallest absolute Gasteiger partial charge is 0.211 e. The first-order valence-corrected chi connectivity index (χ1v) is 7.85. The molecule has 0 spiro atoms. The highest BCUT2D eigenvalue weighted by Crippen LogP contribution is 2.16. The number of nitrogens with zero attached hydrogens (tertiary/aromatic N) is 5. The predicted molar refractivity (Wildman–Crippen MR) is 94.9 cm³/mol. The molecule has 0 amide bonds. The molecular weight excluding hydrogens is 314 g/mol. The highest BCUT2D eigenvalue weighted by molar-refractivity contribution is 5.53. The summed E-state index contributed by atoms with van der Waals surface area (Å²) in [5.41, 5.74) is 2.92. The van der Waals surface area contributed by atoms with Crippen LogP contribution in [0.15, 0.2) is 78.0 Å². The average Bonchev–Trinajstić information content (AvgIpc) is 3.12. The van der Waals surface area contributed by atoms with Gasteiger partial charge in [0.05, 0.1) is 5.69 Å². The first-order valence-electron chi connectivity index (χ1n) is 7.85. The molecule has 4 aromatic rings. The summed E-state index contributed by atoms with van der Waals surface area (Å²) in [6.45, 7) is 2.01. The number of hydrogen-bond acceptors (Lipinski definition) is 4. The van der Waals surface area contributed by atoms with Gasteiger partial charge < -0.3 is 0 Å². The molecular formula is C19H15N5O. The zero-order chi connectivity index (χ0) is 17.2. The molecule has 0 aliphatic rings. The molecule has 2 heterocycles. The van der Waals surface area contributed by atoms with Crippen LogP contribution in [0.25, 0.3) is 22.9 Å². The molecule has 25 heavy (non-hydrogen) atoms. The topological polar surface area (TPSA) is 65.6 Å². The SMILES string of the molecule is Cc1cccc(-n2ccc(=O)c(-c3nncn3-c3ccccc3)n2)c1. The van der Waals surface area contributed by atoms with E-state index in [1.165, 1.54) is 6.07 Å². The van der Waals surface area contributed by atoms with Crippen molar-refractivity contribution in [2.45, 2.75) is 6.92 Å². The molecule has 0 saturated carbocycles. The third kappa shape index (κ3) is 2.85. The van der Waals surface area contributed by atoms with Crippen molar-refractivity contribution in [2.75, 3.05) is 0 Å². The van der Waals surface area contributed by atoms with E-state index in [-0.39, 0.29) is 11.1 Å². The van der Waals surface area contributed by atoms with Crippen LogP contribution in [0.5, 0.6) is 0 Å². The van der Waals surface area contributed by atoms with Gasteiger partial charge in [-0.25, -0.2) is 4.68 Å². The summed E-state index contributed by atoms with van der Waals surface area (Å²) in [6, 6.07) is 19.0. The molecule has 0 fully saturated rings. The van der Waals surface area contributed by atoms with Gasteiger partial charge in [0.1, 0.15) is 6.33 Å². The molecule has 0 unspecified atom stereocenters. The van der Waals surface area contributed by atoms with Crippen LogP contribution in [0.4, 0.5) is 0 Å². The van der Waals surface area contributed by atoms with E-state index in [9.17, 15) is 4.79 Å². The van der Waals surface area contributed by atoms with Crippen molar-refractivity contribution in [3.05, 3.63) is 89.0 Å². The van der Waals surface area contributed by atoms with Gasteiger partial charge in [-0.1, -0.05) is 30.3 Å². The van der Waals surface area contributed by atoms with E-state index < -0.39 is 0 Å². The van der Waals surface area contributed by atoms with Gasteiger partial charge >= 0.3 is 0 Å². The van der Waals surface area contributed by atoms with Crippen LogP contribution in [0, 0.1) is 6.92 Å². The fraction of sp³-hybridized carbons (Fsp3) is 0.0526. The van der Waals surface area contributed by atoms with Gasteiger partial charge in [0.25, 0.3) is 0 Å². The Morgan fingerprint density at radius 2 is 1.72 bits per heavy atom. The fourth-order valence-corrected chi connectivity index (χ4v) is 2.65. The number of rotatable bonds is 3. The second kappa shape index (κ2) is 6.16. The lowest BCUT2D eigenvalue weighted by molar-refractivity contribution is 0.831. The Labute approximate surface area is 144 Å². The summed E-state index contributed by atoms with van der Waals surface area (Å²) in [4.78, 5) is 12.4. The largest absolute Gasteiger partial charge is 0.287 e. The highest BCUT2D eigenvalue weighted by Gasteiger charge is 2.15. The number of hydrogen-bond donors (Lipinski definition) is 0. The summed E-state index contributed by atoms with van der Waals surface area (Å²) >= 11 is 0. The minimum absolute atomic E-state index is 0.200. The third-order valence-corrected chi connectivity index (χ3v) is 3.87. The maximum atomic E-state index is 12.4. The Bertz CT molecular complexity index is 1080. The monoisotopic (exact) mass is 329 g/mol. The van der Waals surface area contributed by atoms with Crippen LogP contribution in [0.1, 0.15) is 5.56 Å². The fourth-order valence-electron chi connectivity index (χ4n) is 2.65. The minimum Gasteiger partial charge on any atom is -0.287 e. The minimum atomic E-state index is -0.200. The van der Waals surface area contributed by atoms with Gasteiger partial charge in [-0.3, -0.25) is 9.36 Å². The molecule has 0 saturated heterocycles. The standard InChI is InChI=1S/C19H15N5O/c1-14-6-5-9-16(12-14)24-11-10-17(25)18(22-24)19-21-20-13-23(19)15-7-3-2-4-8-15/h2-13H,1H3. The van der Waals surface area contributed by atoms with Gasteiger partial charge in [0.2, 0.25) is 5.43 Å². The number of aromatic nitrogens is 5. The molecule has 2 aromatic carbocycles. The molecule has 6 nitrogen and oxygen atoms in total. The van der Waals surface area contributed by atoms with Crippen molar-refractivity contribution in [1.82, 2.24) is 24.5 Å². The van der Waals surface area contributed by atoms with E-state index in [1.54, 1.807) is 21.8 Å². The summed E-state index contributed by atoms with van der Waals surface area (Å²) in [6.07, 6.45) is 3.24. The molecule has 0 radical (unpaired) electrons. The van der Waals surface area contributed by atoms with E-state index in [0.29, 0.717) is 5.82 Å². The number of benzene rings is 2. The number of aryl methyl sites for hydroxylation is 1. The quantitative estimate of drug-likeness (QED) is 0.580. The summed E-state index contributed by atoms with van der Waals surface area (Å²) in [7, 11) is 0. The second-order valence-corrected chi connectivity index (χ2v) is 5.67. The Kier molecular flexibility index (Phi) is 3.70. The lowest BCUT2D eigenvalue weighted by Crippen LogP contribution is -2.15. The van der Waals surface area contributed by atoms with Crippen molar-refractivity contribution >= 4 is 0 Å². The lowest BCUT2D eigenvalue weighted by atomic mass is 10.2. The van der Waals surface area contributed by atoms with E-state index in [2.05, 4.69) is 15.3 Å². The zero-order valence-corrected chi connectivity index (χ0v) is 13.6. The van der Waals surface area contributed by atoms with Crippen LogP contribution in [0.2, 0.25) is 0 Å². The van der Waals surface area contributed by atoms with Crippen LogP contribution < -0.4 is 5.43 Å². The van der Waals surface area contributed by atoms with Crippen molar-refractivity contribution < 1.29 is 0 Å². The highest BCUT2D eigenvalue weighted by atomic mass is 16.1. The second-order valence-electron chi connectivity index (χ2n) is 5.67. The first kappa shape index (κ1) is 15.0. The Balaban J connectivity index is 1.86. The van der Waals surface area contributed by atoms with Crippen molar-refractivity contribution in [2.24, 2.45) is 0 Å². The lowest BCUT2D eigenvalue weighted by Gasteiger charge is -2.09. The molecule has 0 N–H and O–H groups in total. The van der Waals surface area contributed by atoms with Crippen LogP contribution in [-0.4, -0.2) is 24.5 Å². The first-order chi connectivity index (χ1) is 12.2. The zero-order valence-electron chi connectivity index (χ0n) is 13.6. The van der Waals surface area contributed by atoms with Crippen LogP contribution in [-0.2, 0) is 0 Å². The summed E-state index contributed by atoms with van der Waals surface area (Å²) in [5, 5.41) is 12.6. The molecule has 0 bridgehead atoms. The van der Waals surface area contributed by atoms with E-state index in [1.807, 2.05) is 61.5 Å². The van der Waals surface area contributed by atoms with Crippen LogP contribution in [0.3, 0.4) is 0 Å². The predicted octanol–water partition coefficient (Wildman–Crippen LogP) is 2.79. The van der Waals surface area contributed by atoms with Gasteiger partial charge in [0.15, 0.2) is 11.5 Å². The Morgan fingerprint density at radius 3 is 2.52 bits per heavy atom. The normalized spacial score (nSPS) is 10.8. The molecule has 4 rings (SSSR count).